The quantitative estimate of drug-likeness (QED) is 0.757. The van der Waals surface area contributed by atoms with Crippen LogP contribution >= 0.6 is 0 Å². The lowest BCUT2D eigenvalue weighted by molar-refractivity contribution is -0.123. The third-order valence-electron chi connectivity index (χ3n) is 3.60. The highest BCUT2D eigenvalue weighted by molar-refractivity contribution is 5.77. The highest BCUT2D eigenvalue weighted by Crippen LogP contribution is 2.25. The standard InChI is InChI=1S/C19H23NO4/c1-14-8-9-16(12-15(14)2)24-13-19(21)20-10-11-23-18-7-5-4-6-17(18)22-3/h4-9,12H,10-11,13H2,1-3H3,(H,20,21). The van der Waals surface area contributed by atoms with Crippen LogP contribution in [0.1, 0.15) is 11.1 Å². The van der Waals surface area contributed by atoms with Crippen LogP contribution < -0.4 is 19.5 Å². The zero-order chi connectivity index (χ0) is 17.4. The summed E-state index contributed by atoms with van der Waals surface area (Å²) in [5.41, 5.74) is 2.33. The lowest BCUT2D eigenvalue weighted by Gasteiger charge is -2.11. The van der Waals surface area contributed by atoms with Crippen molar-refractivity contribution in [3.8, 4) is 17.2 Å². The Hall–Kier alpha value is -2.69. The van der Waals surface area contributed by atoms with Crippen molar-refractivity contribution >= 4 is 5.91 Å². The molecular formula is C19H23NO4. The molecule has 2 rings (SSSR count). The topological polar surface area (TPSA) is 56.8 Å². The maximum absolute atomic E-state index is 11.8. The number of ether oxygens (including phenoxy) is 3. The molecule has 0 aliphatic carbocycles. The first-order valence-corrected chi connectivity index (χ1v) is 7.82. The van der Waals surface area contributed by atoms with E-state index < -0.39 is 0 Å². The molecule has 0 unspecified atom stereocenters. The summed E-state index contributed by atoms with van der Waals surface area (Å²) >= 11 is 0. The van der Waals surface area contributed by atoms with Crippen LogP contribution in [-0.4, -0.2) is 32.8 Å². The van der Waals surface area contributed by atoms with Crippen molar-refractivity contribution in [2.24, 2.45) is 0 Å². The van der Waals surface area contributed by atoms with Crippen molar-refractivity contribution in [2.45, 2.75) is 13.8 Å². The van der Waals surface area contributed by atoms with Gasteiger partial charge in [-0.3, -0.25) is 4.79 Å². The number of aryl methyl sites for hydroxylation is 2. The van der Waals surface area contributed by atoms with Gasteiger partial charge in [-0.1, -0.05) is 18.2 Å². The number of methoxy groups -OCH3 is 1. The number of rotatable bonds is 8. The minimum absolute atomic E-state index is 0.0167. The zero-order valence-electron chi connectivity index (χ0n) is 14.3. The van der Waals surface area contributed by atoms with Crippen LogP contribution in [0.15, 0.2) is 42.5 Å². The van der Waals surface area contributed by atoms with Crippen LogP contribution in [-0.2, 0) is 4.79 Å². The van der Waals surface area contributed by atoms with Gasteiger partial charge in [-0.15, -0.1) is 0 Å². The van der Waals surface area contributed by atoms with Crippen molar-refractivity contribution < 1.29 is 19.0 Å². The Labute approximate surface area is 142 Å². The minimum atomic E-state index is -0.183. The molecule has 0 atom stereocenters. The number of para-hydroxylation sites is 2. The molecule has 24 heavy (non-hydrogen) atoms. The number of nitrogens with one attached hydrogen (secondary N) is 1. The van der Waals surface area contributed by atoms with Crippen LogP contribution in [0.25, 0.3) is 0 Å². The maximum Gasteiger partial charge on any atom is 0.258 e. The molecule has 0 heterocycles. The first kappa shape index (κ1) is 17.7. The van der Waals surface area contributed by atoms with E-state index in [1.807, 2.05) is 56.3 Å². The van der Waals surface area contributed by atoms with Crippen LogP contribution in [0.5, 0.6) is 17.2 Å². The normalized spacial score (nSPS) is 10.1. The summed E-state index contributed by atoms with van der Waals surface area (Å²) in [7, 11) is 1.59. The molecule has 2 aromatic carbocycles. The summed E-state index contributed by atoms with van der Waals surface area (Å²) in [5.74, 6) is 1.83. The Balaban J connectivity index is 1.69. The summed E-state index contributed by atoms with van der Waals surface area (Å²) in [4.78, 5) is 11.8. The van der Waals surface area contributed by atoms with Crippen LogP contribution in [0, 0.1) is 13.8 Å². The number of benzene rings is 2. The molecule has 0 saturated carbocycles. The molecule has 0 radical (unpaired) electrons. The summed E-state index contributed by atoms with van der Waals surface area (Å²) in [6.45, 7) is 4.78. The summed E-state index contributed by atoms with van der Waals surface area (Å²) in [6, 6.07) is 13.2. The molecule has 5 heteroatoms. The average Bonchev–Trinajstić information content (AvgIpc) is 2.60. The molecule has 0 aliphatic rings. The van der Waals surface area contributed by atoms with Gasteiger partial charge in [-0.05, 0) is 49.2 Å². The van der Waals surface area contributed by atoms with E-state index in [0.717, 1.165) is 5.56 Å². The largest absolute Gasteiger partial charge is 0.493 e. The number of amides is 1. The molecule has 0 aliphatic heterocycles. The van der Waals surface area contributed by atoms with Gasteiger partial charge >= 0.3 is 0 Å². The molecule has 0 spiro atoms. The Morgan fingerprint density at radius 2 is 1.75 bits per heavy atom. The van der Waals surface area contributed by atoms with Gasteiger partial charge in [-0.2, -0.15) is 0 Å². The number of hydrogen-bond acceptors (Lipinski definition) is 4. The lowest BCUT2D eigenvalue weighted by atomic mass is 10.1. The van der Waals surface area contributed by atoms with E-state index in [2.05, 4.69) is 5.32 Å². The minimum Gasteiger partial charge on any atom is -0.493 e. The van der Waals surface area contributed by atoms with Crippen molar-refractivity contribution in [2.75, 3.05) is 26.9 Å². The van der Waals surface area contributed by atoms with Gasteiger partial charge in [0.05, 0.1) is 13.7 Å². The lowest BCUT2D eigenvalue weighted by Crippen LogP contribution is -2.32. The van der Waals surface area contributed by atoms with Crippen molar-refractivity contribution in [1.29, 1.82) is 0 Å². The molecule has 5 nitrogen and oxygen atoms in total. The maximum atomic E-state index is 11.8. The highest BCUT2D eigenvalue weighted by atomic mass is 16.5. The Kier molecular flexibility index (Phi) is 6.49. The predicted molar refractivity (Wildman–Crippen MR) is 92.9 cm³/mol. The molecule has 1 N–H and O–H groups in total. The van der Waals surface area contributed by atoms with Crippen LogP contribution in [0.3, 0.4) is 0 Å². The second-order valence-electron chi connectivity index (χ2n) is 5.38. The van der Waals surface area contributed by atoms with Crippen LogP contribution in [0.4, 0.5) is 0 Å². The Morgan fingerprint density at radius 1 is 1.00 bits per heavy atom. The second kappa shape index (κ2) is 8.82. The van der Waals surface area contributed by atoms with E-state index in [9.17, 15) is 4.79 Å². The van der Waals surface area contributed by atoms with E-state index in [4.69, 9.17) is 14.2 Å². The molecule has 0 bridgehead atoms. The number of carbonyl (C=O) groups excluding carboxylic acids is 1. The third-order valence-corrected chi connectivity index (χ3v) is 3.60. The van der Waals surface area contributed by atoms with Crippen molar-refractivity contribution in [3.63, 3.8) is 0 Å². The fourth-order valence-corrected chi connectivity index (χ4v) is 2.09. The van der Waals surface area contributed by atoms with Gasteiger partial charge in [0.25, 0.3) is 5.91 Å². The van der Waals surface area contributed by atoms with Gasteiger partial charge < -0.3 is 19.5 Å². The fourth-order valence-electron chi connectivity index (χ4n) is 2.09. The molecule has 0 aromatic heterocycles. The molecular weight excluding hydrogens is 306 g/mol. The van der Waals surface area contributed by atoms with Gasteiger partial charge in [0.2, 0.25) is 0 Å². The van der Waals surface area contributed by atoms with Gasteiger partial charge in [-0.25, -0.2) is 0 Å². The van der Waals surface area contributed by atoms with E-state index in [0.29, 0.717) is 30.4 Å². The molecule has 128 valence electrons. The summed E-state index contributed by atoms with van der Waals surface area (Å²) < 4.78 is 16.3. The van der Waals surface area contributed by atoms with E-state index in [1.165, 1.54) is 5.56 Å². The zero-order valence-corrected chi connectivity index (χ0v) is 14.3. The van der Waals surface area contributed by atoms with Gasteiger partial charge in [0, 0.05) is 0 Å². The molecule has 0 saturated heterocycles. The summed E-state index contributed by atoms with van der Waals surface area (Å²) in [6.07, 6.45) is 0. The first-order chi connectivity index (χ1) is 11.6. The Morgan fingerprint density at radius 3 is 2.46 bits per heavy atom. The highest BCUT2D eigenvalue weighted by Gasteiger charge is 2.05. The smallest absolute Gasteiger partial charge is 0.258 e. The monoisotopic (exact) mass is 329 g/mol. The van der Waals surface area contributed by atoms with Crippen LogP contribution in [0.2, 0.25) is 0 Å². The fraction of sp³-hybridized carbons (Fsp3) is 0.316. The predicted octanol–water partition coefficient (Wildman–Crippen LogP) is 2.89. The second-order valence-corrected chi connectivity index (χ2v) is 5.38. The SMILES string of the molecule is COc1ccccc1OCCNC(=O)COc1ccc(C)c(C)c1. The first-order valence-electron chi connectivity index (χ1n) is 7.82. The number of hydrogen-bond donors (Lipinski definition) is 1. The van der Waals surface area contributed by atoms with Crippen molar-refractivity contribution in [3.05, 3.63) is 53.6 Å². The van der Waals surface area contributed by atoms with Crippen molar-refractivity contribution in [1.82, 2.24) is 5.32 Å². The third kappa shape index (κ3) is 5.19. The Bertz CT molecular complexity index is 685. The van der Waals surface area contributed by atoms with Gasteiger partial charge in [0.15, 0.2) is 18.1 Å². The van der Waals surface area contributed by atoms with E-state index in [1.54, 1.807) is 7.11 Å². The van der Waals surface area contributed by atoms with Gasteiger partial charge in [0.1, 0.15) is 12.4 Å². The number of carbonyl (C=O) groups is 1. The van der Waals surface area contributed by atoms with E-state index >= 15 is 0 Å². The molecule has 0 fully saturated rings. The summed E-state index contributed by atoms with van der Waals surface area (Å²) in [5, 5.41) is 2.76. The molecule has 2 aromatic rings. The average molecular weight is 329 g/mol. The molecule has 1 amide bonds. The van der Waals surface area contributed by atoms with E-state index in [-0.39, 0.29) is 12.5 Å².